The van der Waals surface area contributed by atoms with Crippen LogP contribution in [0.3, 0.4) is 0 Å². The van der Waals surface area contributed by atoms with Gasteiger partial charge in [0.2, 0.25) is 11.8 Å². The smallest absolute Gasteiger partial charge is 0.326 e. The molecule has 3 atom stereocenters. The number of hydrogen-bond donors (Lipinski definition) is 6. The third kappa shape index (κ3) is 6.21. The number of benzene rings is 1. The zero-order valence-corrected chi connectivity index (χ0v) is 16.9. The molecular weight excluding hydrogens is 396 g/mol. The number of carbonyl (C=O) groups is 3. The van der Waals surface area contributed by atoms with Crippen molar-refractivity contribution in [3.8, 4) is 0 Å². The van der Waals surface area contributed by atoms with Crippen molar-refractivity contribution in [1.82, 2.24) is 15.6 Å². The zero-order chi connectivity index (χ0) is 21.4. The Labute approximate surface area is 172 Å². The first-order valence-corrected chi connectivity index (χ1v) is 10.5. The number of nitrogens with two attached hydrogens (primary N) is 1. The molecule has 1 heterocycles. The van der Waals surface area contributed by atoms with E-state index in [2.05, 4.69) is 15.6 Å². The number of para-hydroxylation sites is 1. The lowest BCUT2D eigenvalue weighted by atomic mass is 10.0. The Morgan fingerprint density at radius 3 is 2.52 bits per heavy atom. The number of aliphatic hydroxyl groups is 1. The van der Waals surface area contributed by atoms with Gasteiger partial charge in [-0.1, -0.05) is 18.2 Å². The van der Waals surface area contributed by atoms with Gasteiger partial charge in [0.15, 0.2) is 0 Å². The fourth-order valence-corrected chi connectivity index (χ4v) is 3.33. The highest BCUT2D eigenvalue weighted by Gasteiger charge is 2.28. The van der Waals surface area contributed by atoms with Gasteiger partial charge in [-0.2, -0.15) is 11.8 Å². The number of aromatic amines is 1. The SMILES string of the molecule is CSCCC(NC(=O)C(Cc1c[nH]c2ccccc12)NC(=O)C(N)CO)C(=O)O. The molecule has 1 aromatic carbocycles. The molecule has 0 saturated heterocycles. The number of aliphatic carboxylic acids is 1. The minimum absolute atomic E-state index is 0.134. The number of thioether (sulfide) groups is 1. The summed E-state index contributed by atoms with van der Waals surface area (Å²) in [6.07, 6.45) is 3.98. The lowest BCUT2D eigenvalue weighted by Crippen LogP contribution is -2.55. The first-order valence-electron chi connectivity index (χ1n) is 9.11. The number of amides is 2. The standard InChI is InChI=1S/C19H26N4O5S/c1-29-7-6-15(19(27)28)22-18(26)16(23-17(25)13(20)10-24)8-11-9-21-14-5-3-2-4-12(11)14/h2-5,9,13,15-16,21,24H,6-8,10,20H2,1H3,(H,22,26)(H,23,25)(H,27,28). The van der Waals surface area contributed by atoms with Crippen molar-refractivity contribution in [2.45, 2.75) is 31.0 Å². The second-order valence-corrected chi connectivity index (χ2v) is 7.58. The van der Waals surface area contributed by atoms with Crippen LogP contribution in [0.1, 0.15) is 12.0 Å². The van der Waals surface area contributed by atoms with Crippen LogP contribution in [-0.2, 0) is 20.8 Å². The highest BCUT2D eigenvalue weighted by atomic mass is 32.2. The van der Waals surface area contributed by atoms with Crippen LogP contribution in [0, 0.1) is 0 Å². The van der Waals surface area contributed by atoms with Crippen LogP contribution in [0.15, 0.2) is 30.5 Å². The summed E-state index contributed by atoms with van der Waals surface area (Å²) in [6, 6.07) is 4.21. The van der Waals surface area contributed by atoms with Gasteiger partial charge in [-0.15, -0.1) is 0 Å². The molecule has 0 fully saturated rings. The molecule has 2 aromatic rings. The minimum atomic E-state index is -1.18. The number of fused-ring (bicyclic) bond motifs is 1. The molecule has 9 nitrogen and oxygen atoms in total. The van der Waals surface area contributed by atoms with Crippen LogP contribution in [0.4, 0.5) is 0 Å². The van der Waals surface area contributed by atoms with E-state index < -0.39 is 42.5 Å². The molecule has 0 spiro atoms. The van der Waals surface area contributed by atoms with Gasteiger partial charge in [-0.3, -0.25) is 9.59 Å². The Morgan fingerprint density at radius 1 is 1.17 bits per heavy atom. The van der Waals surface area contributed by atoms with Crippen molar-refractivity contribution in [3.63, 3.8) is 0 Å². The normalized spacial score (nSPS) is 14.2. The van der Waals surface area contributed by atoms with Gasteiger partial charge in [0.1, 0.15) is 18.1 Å². The maximum Gasteiger partial charge on any atom is 0.326 e. The molecule has 0 aliphatic heterocycles. The van der Waals surface area contributed by atoms with Gasteiger partial charge >= 0.3 is 5.97 Å². The zero-order valence-electron chi connectivity index (χ0n) is 16.1. The maximum atomic E-state index is 12.8. The van der Waals surface area contributed by atoms with Crippen LogP contribution in [0.5, 0.6) is 0 Å². The van der Waals surface area contributed by atoms with Gasteiger partial charge in [0.25, 0.3) is 0 Å². The van der Waals surface area contributed by atoms with Crippen LogP contribution in [0.2, 0.25) is 0 Å². The van der Waals surface area contributed by atoms with Gasteiger partial charge in [-0.05, 0) is 30.1 Å². The predicted molar refractivity (Wildman–Crippen MR) is 112 cm³/mol. The third-order valence-corrected chi connectivity index (χ3v) is 5.13. The first-order chi connectivity index (χ1) is 13.9. The van der Waals surface area contributed by atoms with Crippen molar-refractivity contribution in [3.05, 3.63) is 36.0 Å². The Hall–Kier alpha value is -2.56. The van der Waals surface area contributed by atoms with Crippen molar-refractivity contribution in [1.29, 1.82) is 0 Å². The van der Waals surface area contributed by atoms with Crippen molar-refractivity contribution in [2.75, 3.05) is 18.6 Å². The Kier molecular flexibility index (Phi) is 8.50. The van der Waals surface area contributed by atoms with E-state index in [4.69, 9.17) is 10.8 Å². The fourth-order valence-electron chi connectivity index (χ4n) is 2.86. The number of nitrogens with one attached hydrogen (secondary N) is 3. The summed E-state index contributed by atoms with van der Waals surface area (Å²) in [5, 5.41) is 24.4. The molecule has 1 aromatic heterocycles. The van der Waals surface area contributed by atoms with Crippen molar-refractivity contribution in [2.24, 2.45) is 5.73 Å². The highest BCUT2D eigenvalue weighted by Crippen LogP contribution is 2.19. The highest BCUT2D eigenvalue weighted by molar-refractivity contribution is 7.98. The van der Waals surface area contributed by atoms with Crippen LogP contribution in [0.25, 0.3) is 10.9 Å². The van der Waals surface area contributed by atoms with Crippen molar-refractivity contribution < 1.29 is 24.6 Å². The molecule has 0 saturated carbocycles. The summed E-state index contributed by atoms with van der Waals surface area (Å²) in [5.41, 5.74) is 7.21. The number of aromatic nitrogens is 1. The van der Waals surface area contributed by atoms with E-state index in [-0.39, 0.29) is 12.8 Å². The molecular formula is C19H26N4O5S. The van der Waals surface area contributed by atoms with Crippen molar-refractivity contribution >= 4 is 40.4 Å². The lowest BCUT2D eigenvalue weighted by Gasteiger charge is -2.22. The summed E-state index contributed by atoms with van der Waals surface area (Å²) < 4.78 is 0. The Morgan fingerprint density at radius 2 is 1.86 bits per heavy atom. The quantitative estimate of drug-likeness (QED) is 0.294. The fraction of sp³-hybridized carbons (Fsp3) is 0.421. The topological polar surface area (TPSA) is 158 Å². The van der Waals surface area contributed by atoms with E-state index >= 15 is 0 Å². The number of carbonyl (C=O) groups excluding carboxylic acids is 2. The number of aliphatic hydroxyl groups excluding tert-OH is 1. The summed E-state index contributed by atoms with van der Waals surface area (Å²) in [6.45, 7) is -0.571. The third-order valence-electron chi connectivity index (χ3n) is 4.49. The van der Waals surface area contributed by atoms with Crippen LogP contribution >= 0.6 is 11.8 Å². The Balaban J connectivity index is 2.22. The largest absolute Gasteiger partial charge is 0.480 e. The van der Waals surface area contributed by atoms with E-state index in [1.165, 1.54) is 11.8 Å². The van der Waals surface area contributed by atoms with Crippen LogP contribution in [-0.4, -0.2) is 69.7 Å². The molecule has 0 aliphatic rings. The predicted octanol–water partition coefficient (Wildman–Crippen LogP) is -0.163. The van der Waals surface area contributed by atoms with E-state index in [9.17, 15) is 19.5 Å². The van der Waals surface area contributed by atoms with Gasteiger partial charge in [0, 0.05) is 23.5 Å². The molecule has 0 radical (unpaired) electrons. The maximum absolute atomic E-state index is 12.8. The first kappa shape index (κ1) is 22.7. The minimum Gasteiger partial charge on any atom is -0.480 e. The number of hydrogen-bond acceptors (Lipinski definition) is 6. The second-order valence-electron chi connectivity index (χ2n) is 6.59. The van der Waals surface area contributed by atoms with Gasteiger partial charge < -0.3 is 31.6 Å². The van der Waals surface area contributed by atoms with E-state index in [1.54, 1.807) is 6.20 Å². The average molecular weight is 423 g/mol. The summed E-state index contributed by atoms with van der Waals surface area (Å²) in [5.74, 6) is -1.89. The molecule has 3 unspecified atom stereocenters. The molecule has 2 amide bonds. The monoisotopic (exact) mass is 422 g/mol. The molecule has 2 rings (SSSR count). The molecule has 158 valence electrons. The molecule has 29 heavy (non-hydrogen) atoms. The van der Waals surface area contributed by atoms with Gasteiger partial charge in [0.05, 0.1) is 6.61 Å². The number of carboxylic acid groups (broad SMARTS) is 1. The van der Waals surface area contributed by atoms with Gasteiger partial charge in [-0.25, -0.2) is 4.79 Å². The molecule has 0 bridgehead atoms. The molecule has 7 N–H and O–H groups in total. The Bertz CT molecular complexity index is 856. The summed E-state index contributed by atoms with van der Waals surface area (Å²) in [4.78, 5) is 39.6. The number of H-pyrrole nitrogens is 1. The summed E-state index contributed by atoms with van der Waals surface area (Å²) >= 11 is 1.47. The lowest BCUT2D eigenvalue weighted by molar-refractivity contribution is -0.142. The molecule has 0 aliphatic carbocycles. The summed E-state index contributed by atoms with van der Waals surface area (Å²) in [7, 11) is 0. The van der Waals surface area contributed by atoms with E-state index in [1.807, 2.05) is 30.5 Å². The van der Waals surface area contributed by atoms with E-state index in [0.717, 1.165) is 16.5 Å². The molecule has 10 heteroatoms. The van der Waals surface area contributed by atoms with Crippen LogP contribution < -0.4 is 16.4 Å². The number of rotatable bonds is 11. The second kappa shape index (κ2) is 10.8. The average Bonchev–Trinajstić information content (AvgIpc) is 3.12. The number of carboxylic acids is 1. The van der Waals surface area contributed by atoms with E-state index in [0.29, 0.717) is 5.75 Å².